The third-order valence-electron chi connectivity index (χ3n) is 2.44. The molecule has 0 aliphatic carbocycles. The van der Waals surface area contributed by atoms with Crippen LogP contribution in [-0.4, -0.2) is 10.4 Å². The Morgan fingerprint density at radius 3 is 1.20 bits per heavy atom. The first kappa shape index (κ1) is 15.3. The van der Waals surface area contributed by atoms with Crippen molar-refractivity contribution in [2.75, 3.05) is 0 Å². The Bertz CT molecular complexity index is 495. The van der Waals surface area contributed by atoms with Gasteiger partial charge in [0.1, 0.15) is 0 Å². The van der Waals surface area contributed by atoms with Gasteiger partial charge in [-0.05, 0) is 24.3 Å². The van der Waals surface area contributed by atoms with Crippen molar-refractivity contribution in [1.82, 2.24) is 0 Å². The molecule has 0 aliphatic heterocycles. The van der Waals surface area contributed by atoms with E-state index in [4.69, 9.17) is 10.4 Å². The van der Waals surface area contributed by atoms with Crippen molar-refractivity contribution in [1.29, 1.82) is 0 Å². The molecule has 106 valence electrons. The summed E-state index contributed by atoms with van der Waals surface area (Å²) in [7, 11) is 2.97. The van der Waals surface area contributed by atoms with Crippen molar-refractivity contribution in [3.05, 3.63) is 58.9 Å². The van der Waals surface area contributed by atoms with Crippen LogP contribution in [0, 0.1) is 10.4 Å². The third-order valence-corrected chi connectivity index (χ3v) is 4.85. The van der Waals surface area contributed by atoms with Gasteiger partial charge in [0.2, 0.25) is 0 Å². The zero-order valence-electron chi connectivity index (χ0n) is 10.1. The van der Waals surface area contributed by atoms with Crippen LogP contribution in [0.25, 0.3) is 0 Å². The monoisotopic (exact) mass is 312 g/mol. The summed E-state index contributed by atoms with van der Waals surface area (Å²) in [6, 6.07) is 13.2. The Morgan fingerprint density at radius 1 is 0.650 bits per heavy atom. The van der Waals surface area contributed by atoms with E-state index in [2.05, 4.69) is 0 Å². The Morgan fingerprint density at radius 2 is 0.950 bits per heavy atom. The zero-order chi connectivity index (χ0) is 14.5. The van der Waals surface area contributed by atoms with Gasteiger partial charge < -0.3 is 10.4 Å². The normalized spacial score (nSPS) is 14.0. The molecule has 2 aromatic rings. The summed E-state index contributed by atoms with van der Waals surface area (Å²) in [5.41, 5.74) is 0.510. The first-order valence-corrected chi connectivity index (χ1v) is 7.72. The number of nitrogens with one attached hydrogen (secondary N) is 2. The van der Waals surface area contributed by atoms with Crippen LogP contribution < -0.4 is 10.5 Å². The number of benzene rings is 2. The van der Waals surface area contributed by atoms with Crippen LogP contribution in [-0.2, 0) is 0 Å². The van der Waals surface area contributed by atoms with Gasteiger partial charge >= 0.3 is 0 Å². The van der Waals surface area contributed by atoms with Gasteiger partial charge in [0.15, 0.2) is 11.4 Å². The zero-order valence-corrected chi connectivity index (χ0v) is 11.8. The highest BCUT2D eigenvalue weighted by molar-refractivity contribution is 8.76. The van der Waals surface area contributed by atoms with E-state index >= 15 is 0 Å². The molecule has 0 radical (unpaired) electrons. The Kier molecular flexibility index (Phi) is 5.40. The minimum absolute atomic E-state index is 0.255. The van der Waals surface area contributed by atoms with E-state index in [1.165, 1.54) is 21.6 Å². The molecule has 2 atom stereocenters. The van der Waals surface area contributed by atoms with Gasteiger partial charge in [0.25, 0.3) is 0 Å². The summed E-state index contributed by atoms with van der Waals surface area (Å²) in [5, 5.41) is 37.1. The Hall–Kier alpha value is -1.10. The predicted octanol–water partition coefficient (Wildman–Crippen LogP) is 1.29. The van der Waals surface area contributed by atoms with Gasteiger partial charge in [-0.3, -0.25) is 0 Å². The molecule has 6 nitrogen and oxygen atoms in total. The van der Waals surface area contributed by atoms with Crippen LogP contribution in [0.1, 0.15) is 0 Å². The molecule has 2 aromatic carbocycles. The van der Waals surface area contributed by atoms with Gasteiger partial charge in [-0.15, -0.1) is 0 Å². The lowest BCUT2D eigenvalue weighted by Crippen LogP contribution is -2.99. The third kappa shape index (κ3) is 4.20. The van der Waals surface area contributed by atoms with Crippen LogP contribution in [0.2, 0.25) is 0 Å². The summed E-state index contributed by atoms with van der Waals surface area (Å²) >= 11 is 0. The maximum atomic E-state index is 10.7. The largest absolute Gasteiger partial charge is 0.595 e. The van der Waals surface area contributed by atoms with Gasteiger partial charge in [0, 0.05) is 34.1 Å². The molecule has 8 heteroatoms. The smallest absolute Gasteiger partial charge is 0.163 e. The van der Waals surface area contributed by atoms with Crippen LogP contribution >= 0.6 is 21.6 Å². The fourth-order valence-electron chi connectivity index (χ4n) is 1.40. The summed E-state index contributed by atoms with van der Waals surface area (Å²) in [4.78, 5) is 1.87. The average molecular weight is 312 g/mol. The molecule has 0 heterocycles. The molecule has 0 fully saturated rings. The predicted molar refractivity (Wildman–Crippen MR) is 76.2 cm³/mol. The number of quaternary nitrogens is 2. The molecule has 2 rings (SSSR count). The summed E-state index contributed by atoms with van der Waals surface area (Å²) in [6.45, 7) is 0. The second-order valence-corrected chi connectivity index (χ2v) is 6.10. The van der Waals surface area contributed by atoms with E-state index < -0.39 is 10.5 Å². The molecule has 0 saturated carbocycles. The molecule has 0 aliphatic rings. The fourth-order valence-corrected chi connectivity index (χ4v) is 3.33. The minimum Gasteiger partial charge on any atom is -0.595 e. The lowest BCUT2D eigenvalue weighted by molar-refractivity contribution is -0.991. The summed E-state index contributed by atoms with van der Waals surface area (Å²) < 4.78 is 0. The number of hydrogen-bond acceptors (Lipinski definition) is 6. The topological polar surface area (TPSA) is 95.5 Å². The molecule has 0 spiro atoms. The average Bonchev–Trinajstić information content (AvgIpc) is 2.46. The van der Waals surface area contributed by atoms with E-state index in [9.17, 15) is 10.4 Å². The quantitative estimate of drug-likeness (QED) is 0.491. The van der Waals surface area contributed by atoms with Crippen LogP contribution in [0.15, 0.2) is 58.3 Å². The van der Waals surface area contributed by atoms with Crippen LogP contribution in [0.3, 0.4) is 0 Å². The van der Waals surface area contributed by atoms with E-state index in [0.29, 0.717) is 0 Å². The second kappa shape index (κ2) is 7.07. The highest BCUT2D eigenvalue weighted by Gasteiger charge is 2.03. The molecule has 0 aromatic heterocycles. The molecule has 0 bridgehead atoms. The van der Waals surface area contributed by atoms with Crippen molar-refractivity contribution < 1.29 is 20.9 Å². The lowest BCUT2D eigenvalue weighted by Gasteiger charge is -2.12. The summed E-state index contributed by atoms with van der Waals surface area (Å²) in [6.07, 6.45) is 0. The van der Waals surface area contributed by atoms with Crippen molar-refractivity contribution in [3.63, 3.8) is 0 Å². The lowest BCUT2D eigenvalue weighted by atomic mass is 10.3. The fraction of sp³-hybridized carbons (Fsp3) is 0. The number of rotatable bonds is 5. The van der Waals surface area contributed by atoms with Gasteiger partial charge in [0.05, 0.1) is 0 Å². The number of hydrogen-bond donors (Lipinski definition) is 4. The standard InChI is InChI=1S/C12H12N2O4S2/c15-13(16)9-1-5-11(6-2-9)19-20-12-7-3-10(4-8-12)14(17)18/h1-8,13-15,17H. The summed E-state index contributed by atoms with van der Waals surface area (Å²) in [5.74, 6) is 0. The van der Waals surface area contributed by atoms with E-state index in [1.54, 1.807) is 48.5 Å². The van der Waals surface area contributed by atoms with Crippen molar-refractivity contribution in [2.45, 2.75) is 9.79 Å². The molecule has 0 amide bonds. The molecular formula is C12H12N2O4S2. The minimum atomic E-state index is -0.946. The first-order valence-electron chi connectivity index (χ1n) is 5.57. The molecule has 4 N–H and O–H groups in total. The van der Waals surface area contributed by atoms with E-state index in [0.717, 1.165) is 9.79 Å². The molecular weight excluding hydrogens is 300 g/mol. The Balaban J connectivity index is 1.94. The SMILES string of the molecule is [O-][NH+](O)c1ccc(SSc2ccc([NH+]([O-])O)cc2)cc1. The van der Waals surface area contributed by atoms with E-state index in [1.807, 2.05) is 0 Å². The maximum absolute atomic E-state index is 10.7. The second-order valence-electron chi connectivity index (χ2n) is 3.83. The highest BCUT2D eigenvalue weighted by Crippen LogP contribution is 2.37. The highest BCUT2D eigenvalue weighted by atomic mass is 33.1. The molecule has 2 unspecified atom stereocenters. The van der Waals surface area contributed by atoms with Crippen molar-refractivity contribution in [3.8, 4) is 0 Å². The first-order chi connectivity index (χ1) is 9.56. The van der Waals surface area contributed by atoms with Gasteiger partial charge in [-0.2, -0.15) is 10.5 Å². The Labute approximate surface area is 123 Å². The molecule has 0 saturated heterocycles. The van der Waals surface area contributed by atoms with Gasteiger partial charge in [-0.1, -0.05) is 21.6 Å². The van der Waals surface area contributed by atoms with Crippen molar-refractivity contribution in [2.24, 2.45) is 0 Å². The van der Waals surface area contributed by atoms with Gasteiger partial charge in [-0.25, -0.2) is 10.4 Å². The maximum Gasteiger partial charge on any atom is 0.163 e. The van der Waals surface area contributed by atoms with E-state index in [-0.39, 0.29) is 11.4 Å². The van der Waals surface area contributed by atoms with Crippen LogP contribution in [0.5, 0.6) is 0 Å². The van der Waals surface area contributed by atoms with Crippen LogP contribution in [0.4, 0.5) is 11.4 Å². The molecule has 20 heavy (non-hydrogen) atoms. The van der Waals surface area contributed by atoms with Crippen molar-refractivity contribution >= 4 is 33.0 Å².